The van der Waals surface area contributed by atoms with Gasteiger partial charge in [0.15, 0.2) is 0 Å². The topological polar surface area (TPSA) is 121 Å². The number of ether oxygens (including phenoxy) is 1. The number of aliphatic hydroxyl groups excluding tert-OH is 2. The summed E-state index contributed by atoms with van der Waals surface area (Å²) < 4.78 is 5.53. The van der Waals surface area contributed by atoms with E-state index in [1.54, 1.807) is 17.2 Å². The van der Waals surface area contributed by atoms with Crippen molar-refractivity contribution in [3.05, 3.63) is 12.3 Å². The molecule has 8 nitrogen and oxygen atoms in total. The first-order valence-corrected chi connectivity index (χ1v) is 5.98. The van der Waals surface area contributed by atoms with Gasteiger partial charge in [-0.2, -0.15) is 9.98 Å². The van der Waals surface area contributed by atoms with E-state index in [0.717, 1.165) is 0 Å². The summed E-state index contributed by atoms with van der Waals surface area (Å²) in [5.41, 5.74) is 5.48. The molecule has 0 aromatic heterocycles. The molecule has 0 spiro atoms. The minimum Gasteiger partial charge on any atom is -0.394 e. The fourth-order valence-electron chi connectivity index (χ4n) is 2.44. The highest BCUT2D eigenvalue weighted by atomic mass is 16.5. The number of hydrogen-bond donors (Lipinski definition) is 3. The number of guanidine groups is 1. The maximum absolute atomic E-state index is 11.7. The smallest absolute Gasteiger partial charge is 0.263 e. The normalized spacial score (nSPS) is 37.4. The molecule has 3 aliphatic rings. The van der Waals surface area contributed by atoms with E-state index in [1.807, 2.05) is 0 Å². The monoisotopic (exact) mass is 266 g/mol. The van der Waals surface area contributed by atoms with Crippen LogP contribution in [0, 0.1) is 5.92 Å². The lowest BCUT2D eigenvalue weighted by molar-refractivity contribution is -0.118. The van der Waals surface area contributed by atoms with Crippen molar-refractivity contribution in [2.75, 3.05) is 6.61 Å². The summed E-state index contributed by atoms with van der Waals surface area (Å²) >= 11 is 0. The molecule has 0 bridgehead atoms. The number of fused-ring (bicyclic) bond motifs is 1. The number of amidine groups is 1. The van der Waals surface area contributed by atoms with Crippen LogP contribution in [0.5, 0.6) is 0 Å². The molecule has 3 rings (SSSR count). The van der Waals surface area contributed by atoms with Gasteiger partial charge in [0.25, 0.3) is 5.91 Å². The minimum absolute atomic E-state index is 0.0813. The Morgan fingerprint density at radius 1 is 1.53 bits per heavy atom. The van der Waals surface area contributed by atoms with Gasteiger partial charge < -0.3 is 25.6 Å². The first kappa shape index (κ1) is 12.3. The molecule has 3 heterocycles. The third-order valence-electron chi connectivity index (χ3n) is 3.40. The number of nitrogens with two attached hydrogens (primary N) is 1. The Hall–Kier alpha value is -1.77. The second kappa shape index (κ2) is 4.41. The SMILES string of the molecule is NC1=NC(=O)C2C=CN([C@@H]3C[C@@H](O)[C@H](CO)O3)C2=N1. The summed E-state index contributed by atoms with van der Waals surface area (Å²) in [7, 11) is 0. The van der Waals surface area contributed by atoms with Crippen LogP contribution in [0.15, 0.2) is 22.3 Å². The number of hydrogen-bond acceptors (Lipinski definition) is 7. The molecule has 4 atom stereocenters. The number of carbonyl (C=O) groups excluding carboxylic acids is 1. The van der Waals surface area contributed by atoms with Crippen LogP contribution in [0.3, 0.4) is 0 Å². The molecule has 1 saturated heterocycles. The number of rotatable bonds is 2. The van der Waals surface area contributed by atoms with E-state index in [2.05, 4.69) is 9.98 Å². The lowest BCUT2D eigenvalue weighted by Gasteiger charge is -2.26. The highest BCUT2D eigenvalue weighted by molar-refractivity contribution is 6.16. The summed E-state index contributed by atoms with van der Waals surface area (Å²) in [5, 5.41) is 18.8. The highest BCUT2D eigenvalue weighted by Crippen LogP contribution is 2.29. The van der Waals surface area contributed by atoms with Crippen molar-refractivity contribution in [2.45, 2.75) is 24.9 Å². The quantitative estimate of drug-likeness (QED) is 0.539. The first-order valence-electron chi connectivity index (χ1n) is 5.98. The standard InChI is InChI=1S/C11H14N4O4/c12-11-13-9-5(10(18)14-11)1-2-15(9)8-3-6(17)7(4-16)19-8/h1-2,5-8,16-17H,3-4H2,(H2,12,14,18)/t5?,6-,7+,8+/m1/s1. The summed E-state index contributed by atoms with van der Waals surface area (Å²) in [6.07, 6.45) is 1.83. The van der Waals surface area contributed by atoms with Crippen LogP contribution in [-0.2, 0) is 9.53 Å². The number of aliphatic hydroxyl groups is 2. The Bertz CT molecular complexity index is 501. The first-order chi connectivity index (χ1) is 9.10. The summed E-state index contributed by atoms with van der Waals surface area (Å²) in [6, 6.07) is 0. The zero-order valence-electron chi connectivity index (χ0n) is 10.0. The molecule has 1 fully saturated rings. The Morgan fingerprint density at radius 2 is 2.32 bits per heavy atom. The summed E-state index contributed by atoms with van der Waals surface area (Å²) in [6.45, 7) is -0.256. The Kier molecular flexibility index (Phi) is 2.85. The molecule has 3 aliphatic heterocycles. The van der Waals surface area contributed by atoms with Gasteiger partial charge in [0.05, 0.1) is 12.7 Å². The van der Waals surface area contributed by atoms with Gasteiger partial charge in [0.1, 0.15) is 24.1 Å². The zero-order chi connectivity index (χ0) is 13.6. The van der Waals surface area contributed by atoms with Crippen LogP contribution in [-0.4, -0.2) is 57.9 Å². The van der Waals surface area contributed by atoms with E-state index in [1.165, 1.54) is 0 Å². The van der Waals surface area contributed by atoms with Gasteiger partial charge >= 0.3 is 0 Å². The Morgan fingerprint density at radius 3 is 3.00 bits per heavy atom. The maximum atomic E-state index is 11.7. The fraction of sp³-hybridized carbons (Fsp3) is 0.545. The third-order valence-corrected chi connectivity index (χ3v) is 3.40. The third kappa shape index (κ3) is 1.93. The highest BCUT2D eigenvalue weighted by Gasteiger charge is 2.42. The van der Waals surface area contributed by atoms with E-state index in [9.17, 15) is 9.90 Å². The van der Waals surface area contributed by atoms with Crippen LogP contribution in [0.4, 0.5) is 0 Å². The molecule has 102 valence electrons. The number of nitrogens with zero attached hydrogens (tertiary/aromatic N) is 3. The molecule has 8 heteroatoms. The van der Waals surface area contributed by atoms with Gasteiger partial charge in [-0.3, -0.25) is 4.79 Å². The van der Waals surface area contributed by atoms with E-state index in [4.69, 9.17) is 15.6 Å². The van der Waals surface area contributed by atoms with Gasteiger partial charge in [0, 0.05) is 12.6 Å². The number of carbonyl (C=O) groups is 1. The van der Waals surface area contributed by atoms with Crippen molar-refractivity contribution >= 4 is 17.7 Å². The van der Waals surface area contributed by atoms with Gasteiger partial charge in [-0.25, -0.2) is 0 Å². The molecule has 0 radical (unpaired) electrons. The largest absolute Gasteiger partial charge is 0.394 e. The van der Waals surface area contributed by atoms with Gasteiger partial charge in [-0.15, -0.1) is 0 Å². The molecule has 1 amide bonds. The second-order valence-corrected chi connectivity index (χ2v) is 4.62. The van der Waals surface area contributed by atoms with E-state index in [-0.39, 0.29) is 18.5 Å². The van der Waals surface area contributed by atoms with Gasteiger partial charge in [-0.05, 0) is 6.08 Å². The predicted octanol–water partition coefficient (Wildman–Crippen LogP) is -1.85. The molecule has 0 aromatic rings. The lowest BCUT2D eigenvalue weighted by Crippen LogP contribution is -2.41. The van der Waals surface area contributed by atoms with E-state index >= 15 is 0 Å². The fourth-order valence-corrected chi connectivity index (χ4v) is 2.44. The van der Waals surface area contributed by atoms with Crippen molar-refractivity contribution in [1.29, 1.82) is 0 Å². The maximum Gasteiger partial charge on any atom is 0.263 e. The molecule has 1 unspecified atom stereocenters. The van der Waals surface area contributed by atoms with E-state index in [0.29, 0.717) is 12.3 Å². The molecule has 4 N–H and O–H groups in total. The molecular weight excluding hydrogens is 252 g/mol. The summed E-state index contributed by atoms with van der Waals surface area (Å²) in [4.78, 5) is 21.0. The van der Waals surface area contributed by atoms with Crippen molar-refractivity contribution in [2.24, 2.45) is 21.6 Å². The number of amides is 1. The Balaban J connectivity index is 1.82. The van der Waals surface area contributed by atoms with Gasteiger partial charge in [-0.1, -0.05) is 0 Å². The molecule has 19 heavy (non-hydrogen) atoms. The molecule has 0 aliphatic carbocycles. The molecule has 0 saturated carbocycles. The van der Waals surface area contributed by atoms with Gasteiger partial charge in [0.2, 0.25) is 5.96 Å². The van der Waals surface area contributed by atoms with Crippen molar-refractivity contribution in [1.82, 2.24) is 4.90 Å². The summed E-state index contributed by atoms with van der Waals surface area (Å²) in [5.74, 6) is -0.532. The van der Waals surface area contributed by atoms with Crippen molar-refractivity contribution in [3.63, 3.8) is 0 Å². The van der Waals surface area contributed by atoms with Crippen LogP contribution >= 0.6 is 0 Å². The van der Waals surface area contributed by atoms with Crippen molar-refractivity contribution < 1.29 is 19.7 Å². The van der Waals surface area contributed by atoms with Crippen LogP contribution < -0.4 is 5.73 Å². The van der Waals surface area contributed by atoms with Crippen LogP contribution in [0.25, 0.3) is 0 Å². The average molecular weight is 266 g/mol. The lowest BCUT2D eigenvalue weighted by atomic mass is 10.1. The molecule has 0 aromatic carbocycles. The zero-order valence-corrected chi connectivity index (χ0v) is 10.0. The average Bonchev–Trinajstić information content (AvgIpc) is 2.92. The van der Waals surface area contributed by atoms with Crippen molar-refractivity contribution in [3.8, 4) is 0 Å². The molecular formula is C11H14N4O4. The van der Waals surface area contributed by atoms with Crippen LogP contribution in [0.1, 0.15) is 6.42 Å². The minimum atomic E-state index is -0.742. The predicted molar refractivity (Wildman–Crippen MR) is 64.9 cm³/mol. The Labute approximate surface area is 108 Å². The van der Waals surface area contributed by atoms with Crippen LogP contribution in [0.2, 0.25) is 0 Å². The number of aliphatic imine (C=N–C) groups is 2. The second-order valence-electron chi connectivity index (χ2n) is 4.62. The van der Waals surface area contributed by atoms with E-state index < -0.39 is 24.4 Å².